The van der Waals surface area contributed by atoms with Gasteiger partial charge in [0.25, 0.3) is 0 Å². The normalized spacial score (nSPS) is 15.0. The van der Waals surface area contributed by atoms with E-state index in [1.54, 1.807) is 0 Å². The molecule has 1 unspecified atom stereocenters. The quantitative estimate of drug-likeness (QED) is 0.746. The van der Waals surface area contributed by atoms with Gasteiger partial charge < -0.3 is 5.32 Å². The molecule has 0 amide bonds. The van der Waals surface area contributed by atoms with Crippen LogP contribution >= 0.6 is 0 Å². The van der Waals surface area contributed by atoms with Crippen molar-refractivity contribution in [1.29, 1.82) is 0 Å². The summed E-state index contributed by atoms with van der Waals surface area (Å²) in [5, 5.41) is 2.28. The molecule has 0 aromatic heterocycles. The lowest BCUT2D eigenvalue weighted by Gasteiger charge is -2.25. The van der Waals surface area contributed by atoms with Crippen LogP contribution in [0.5, 0.6) is 0 Å². The van der Waals surface area contributed by atoms with E-state index in [2.05, 4.69) is 5.32 Å². The predicted molar refractivity (Wildman–Crippen MR) is 58.9 cm³/mol. The molecule has 0 saturated carbocycles. The van der Waals surface area contributed by atoms with Gasteiger partial charge in [0.15, 0.2) is 0 Å². The zero-order valence-electron chi connectivity index (χ0n) is 11.1. The molecule has 1 aromatic rings. The highest BCUT2D eigenvalue weighted by Crippen LogP contribution is 2.48. The topological polar surface area (TPSA) is 12.0 Å². The number of rotatable bonds is 2. The number of alkyl halides is 9. The SMILES string of the molecule is CNC(C)c1ccc(C(F)(F)F)c(C(F)(F)F)c1C(F)(F)F. The van der Waals surface area contributed by atoms with Crippen LogP contribution in [0.4, 0.5) is 39.5 Å². The van der Waals surface area contributed by atoms with Crippen molar-refractivity contribution >= 4 is 0 Å². The van der Waals surface area contributed by atoms with Crippen LogP contribution in [0.2, 0.25) is 0 Å². The molecule has 22 heavy (non-hydrogen) atoms. The molecule has 1 aromatic carbocycles. The van der Waals surface area contributed by atoms with E-state index in [4.69, 9.17) is 0 Å². The molecule has 0 radical (unpaired) electrons. The number of hydrogen-bond donors (Lipinski definition) is 1. The molecular formula is C12H10F9N. The van der Waals surface area contributed by atoms with Gasteiger partial charge in [0.05, 0.1) is 16.7 Å². The summed E-state index contributed by atoms with van der Waals surface area (Å²) >= 11 is 0. The molecule has 126 valence electrons. The van der Waals surface area contributed by atoms with E-state index in [0.29, 0.717) is 6.07 Å². The van der Waals surface area contributed by atoms with Crippen LogP contribution in [-0.2, 0) is 18.5 Å². The molecule has 0 heterocycles. The van der Waals surface area contributed by atoms with Crippen molar-refractivity contribution in [2.75, 3.05) is 7.05 Å². The van der Waals surface area contributed by atoms with Gasteiger partial charge in [0, 0.05) is 6.04 Å². The lowest BCUT2D eigenvalue weighted by molar-refractivity contribution is -0.175. The summed E-state index contributed by atoms with van der Waals surface area (Å²) in [5.74, 6) is 0. The van der Waals surface area contributed by atoms with Gasteiger partial charge in [-0.15, -0.1) is 0 Å². The van der Waals surface area contributed by atoms with Crippen LogP contribution in [-0.4, -0.2) is 7.05 Å². The second-order valence-electron chi connectivity index (χ2n) is 4.46. The van der Waals surface area contributed by atoms with E-state index in [1.165, 1.54) is 7.05 Å². The minimum atomic E-state index is -5.81. The maximum absolute atomic E-state index is 13.0. The fraction of sp³-hybridized carbons (Fsp3) is 0.500. The third-order valence-electron chi connectivity index (χ3n) is 3.01. The van der Waals surface area contributed by atoms with Gasteiger partial charge in [0.2, 0.25) is 0 Å². The number of halogens is 9. The summed E-state index contributed by atoms with van der Waals surface area (Å²) in [4.78, 5) is 0. The molecule has 1 atom stereocenters. The van der Waals surface area contributed by atoms with E-state index >= 15 is 0 Å². The molecule has 0 spiro atoms. The van der Waals surface area contributed by atoms with E-state index in [0.717, 1.165) is 6.92 Å². The van der Waals surface area contributed by atoms with Gasteiger partial charge in [-0.1, -0.05) is 6.07 Å². The molecule has 0 bridgehead atoms. The summed E-state index contributed by atoms with van der Waals surface area (Å²) < 4.78 is 116. The second kappa shape index (κ2) is 5.64. The van der Waals surface area contributed by atoms with Crippen LogP contribution < -0.4 is 5.32 Å². The van der Waals surface area contributed by atoms with Crippen LogP contribution in [0.1, 0.15) is 35.2 Å². The average Bonchev–Trinajstić information content (AvgIpc) is 2.32. The van der Waals surface area contributed by atoms with Crippen molar-refractivity contribution in [3.63, 3.8) is 0 Å². The molecule has 0 aliphatic rings. The molecule has 1 nitrogen and oxygen atoms in total. The molecule has 0 saturated heterocycles. The summed E-state index contributed by atoms with van der Waals surface area (Å²) in [6, 6.07) is -0.802. The van der Waals surface area contributed by atoms with Gasteiger partial charge in [0.1, 0.15) is 0 Å². The smallest absolute Gasteiger partial charge is 0.313 e. The summed E-state index contributed by atoms with van der Waals surface area (Å²) in [7, 11) is 1.18. The van der Waals surface area contributed by atoms with Crippen LogP contribution in [0, 0.1) is 0 Å². The Morgan fingerprint density at radius 2 is 1.23 bits per heavy atom. The predicted octanol–water partition coefficient (Wildman–Crippen LogP) is 5.02. The van der Waals surface area contributed by atoms with E-state index in [1.807, 2.05) is 0 Å². The molecule has 0 fully saturated rings. The van der Waals surface area contributed by atoms with Crippen LogP contribution in [0.25, 0.3) is 0 Å². The molecule has 0 aliphatic heterocycles. The lowest BCUT2D eigenvalue weighted by Crippen LogP contribution is -2.27. The van der Waals surface area contributed by atoms with Crippen molar-refractivity contribution in [2.45, 2.75) is 31.5 Å². The summed E-state index contributed by atoms with van der Waals surface area (Å²) in [6.07, 6.45) is -17.0. The standard InChI is InChI=1S/C12H10F9N/c1-5(22-2)6-3-4-7(10(13,14)15)9(12(19,20)21)8(6)11(16,17)18/h3-5,22H,1-2H3. The zero-order valence-corrected chi connectivity index (χ0v) is 11.1. The van der Waals surface area contributed by atoms with E-state index < -0.39 is 46.8 Å². The number of benzene rings is 1. The zero-order chi connectivity index (χ0) is 17.5. The third-order valence-corrected chi connectivity index (χ3v) is 3.01. The Bertz CT molecular complexity index is 539. The highest BCUT2D eigenvalue weighted by molar-refractivity contribution is 5.47. The first kappa shape index (κ1) is 18.6. The first-order valence-electron chi connectivity index (χ1n) is 5.77. The minimum absolute atomic E-state index is 0.0151. The van der Waals surface area contributed by atoms with Crippen molar-refractivity contribution in [3.8, 4) is 0 Å². The monoisotopic (exact) mass is 339 g/mol. The van der Waals surface area contributed by atoms with Crippen LogP contribution in [0.15, 0.2) is 12.1 Å². The minimum Gasteiger partial charge on any atom is -0.313 e. The fourth-order valence-corrected chi connectivity index (χ4v) is 1.97. The third kappa shape index (κ3) is 3.65. The average molecular weight is 339 g/mol. The Morgan fingerprint density at radius 1 is 0.773 bits per heavy atom. The van der Waals surface area contributed by atoms with Gasteiger partial charge in [-0.05, 0) is 25.6 Å². The Labute approximate surface area is 119 Å². The molecule has 1 rings (SSSR count). The van der Waals surface area contributed by atoms with Gasteiger partial charge >= 0.3 is 18.5 Å². The Kier molecular flexibility index (Phi) is 4.76. The highest BCUT2D eigenvalue weighted by atomic mass is 19.4. The van der Waals surface area contributed by atoms with Crippen LogP contribution in [0.3, 0.4) is 0 Å². The Morgan fingerprint density at radius 3 is 1.55 bits per heavy atom. The largest absolute Gasteiger partial charge is 0.417 e. The Hall–Kier alpha value is -1.45. The fourth-order valence-electron chi connectivity index (χ4n) is 1.97. The summed E-state index contributed by atoms with van der Waals surface area (Å²) in [6.45, 7) is 1.11. The van der Waals surface area contributed by atoms with Crippen molar-refractivity contribution < 1.29 is 39.5 Å². The number of nitrogens with one attached hydrogen (secondary N) is 1. The Balaban J connectivity index is 3.92. The molecule has 0 aliphatic carbocycles. The number of hydrogen-bond acceptors (Lipinski definition) is 1. The maximum atomic E-state index is 13.0. The highest BCUT2D eigenvalue weighted by Gasteiger charge is 2.51. The second-order valence-corrected chi connectivity index (χ2v) is 4.46. The van der Waals surface area contributed by atoms with E-state index in [-0.39, 0.29) is 6.07 Å². The van der Waals surface area contributed by atoms with E-state index in [9.17, 15) is 39.5 Å². The maximum Gasteiger partial charge on any atom is 0.417 e. The van der Waals surface area contributed by atoms with Crippen molar-refractivity contribution in [1.82, 2.24) is 5.32 Å². The lowest BCUT2D eigenvalue weighted by atomic mass is 9.91. The first-order valence-corrected chi connectivity index (χ1v) is 5.77. The van der Waals surface area contributed by atoms with Gasteiger partial charge in [-0.2, -0.15) is 39.5 Å². The van der Waals surface area contributed by atoms with Crippen molar-refractivity contribution in [2.24, 2.45) is 0 Å². The first-order chi connectivity index (χ1) is 9.71. The molecule has 10 heteroatoms. The molecule has 1 N–H and O–H groups in total. The van der Waals surface area contributed by atoms with Gasteiger partial charge in [-0.25, -0.2) is 0 Å². The van der Waals surface area contributed by atoms with Gasteiger partial charge in [-0.3, -0.25) is 0 Å². The van der Waals surface area contributed by atoms with Crippen molar-refractivity contribution in [3.05, 3.63) is 34.4 Å². The summed E-state index contributed by atoms with van der Waals surface area (Å²) in [5.41, 5.74) is -8.31. The molecular weight excluding hydrogens is 329 g/mol.